The molecule has 0 atom stereocenters. The lowest BCUT2D eigenvalue weighted by atomic mass is 10.2. The van der Waals surface area contributed by atoms with Gasteiger partial charge in [-0.25, -0.2) is 9.59 Å². The first-order valence-electron chi connectivity index (χ1n) is 3.83. The zero-order chi connectivity index (χ0) is 12.6. The van der Waals surface area contributed by atoms with Crippen LogP contribution in [0, 0.1) is 7.14 Å². The molecule has 1 heterocycles. The molecule has 0 saturated carbocycles. The van der Waals surface area contributed by atoms with Crippen LogP contribution in [0.15, 0.2) is 4.79 Å². The molecular formula is C8H5I2NO5. The van der Waals surface area contributed by atoms with Crippen LogP contribution in [0.1, 0.15) is 21.0 Å². The van der Waals surface area contributed by atoms with Gasteiger partial charge in [-0.1, -0.05) is 0 Å². The first kappa shape index (κ1) is 13.4. The summed E-state index contributed by atoms with van der Waals surface area (Å²) in [6.07, 6.45) is 0. The highest BCUT2D eigenvalue weighted by Gasteiger charge is 2.24. The fourth-order valence-electron chi connectivity index (χ4n) is 1.19. The zero-order valence-electron chi connectivity index (χ0n) is 7.82. The van der Waals surface area contributed by atoms with E-state index in [1.807, 2.05) is 0 Å². The maximum absolute atomic E-state index is 11.6. The van der Waals surface area contributed by atoms with Gasteiger partial charge in [-0.2, -0.15) is 0 Å². The summed E-state index contributed by atoms with van der Waals surface area (Å²) in [5.41, 5.74) is -1.21. The molecule has 8 heteroatoms. The summed E-state index contributed by atoms with van der Waals surface area (Å²) >= 11 is 3.20. The van der Waals surface area contributed by atoms with Gasteiger partial charge < -0.3 is 14.8 Å². The molecule has 2 N–H and O–H groups in total. The minimum absolute atomic E-state index is 0.00185. The Bertz CT molecular complexity index is 504. The van der Waals surface area contributed by atoms with Crippen LogP contribution in [0.2, 0.25) is 0 Å². The Hall–Kier alpha value is -0.650. The molecule has 0 amide bonds. The van der Waals surface area contributed by atoms with Crippen LogP contribution in [0.3, 0.4) is 0 Å². The van der Waals surface area contributed by atoms with Crippen molar-refractivity contribution in [3.05, 3.63) is 28.8 Å². The van der Waals surface area contributed by atoms with Crippen LogP contribution < -0.4 is 5.43 Å². The second kappa shape index (κ2) is 4.69. The van der Waals surface area contributed by atoms with Gasteiger partial charge in [0.2, 0.25) is 5.43 Å². The number of carboxylic acid groups (broad SMARTS) is 2. The van der Waals surface area contributed by atoms with E-state index in [1.54, 1.807) is 45.2 Å². The Morgan fingerprint density at radius 1 is 1.06 bits per heavy atom. The minimum Gasteiger partial charge on any atom is -0.477 e. The molecule has 86 valence electrons. The van der Waals surface area contributed by atoms with Gasteiger partial charge in [-0.15, -0.1) is 0 Å². The molecular weight excluding hydrogens is 444 g/mol. The monoisotopic (exact) mass is 449 g/mol. The van der Waals surface area contributed by atoms with E-state index < -0.39 is 17.4 Å². The molecule has 6 nitrogen and oxygen atoms in total. The Morgan fingerprint density at radius 3 is 1.62 bits per heavy atom. The molecule has 0 aliphatic rings. The number of aromatic carboxylic acids is 2. The van der Waals surface area contributed by atoms with Crippen molar-refractivity contribution in [2.45, 2.75) is 0 Å². The number of carboxylic acids is 2. The van der Waals surface area contributed by atoms with Crippen LogP contribution >= 0.6 is 45.2 Å². The number of nitrogens with zero attached hydrogens (tertiary/aromatic N) is 1. The van der Waals surface area contributed by atoms with E-state index in [1.165, 1.54) is 7.05 Å². The predicted molar refractivity (Wildman–Crippen MR) is 71.0 cm³/mol. The first-order valence-corrected chi connectivity index (χ1v) is 5.99. The summed E-state index contributed by atoms with van der Waals surface area (Å²) in [7, 11) is 1.30. The fourth-order valence-corrected chi connectivity index (χ4v) is 3.43. The van der Waals surface area contributed by atoms with Gasteiger partial charge in [0.15, 0.2) is 0 Å². The van der Waals surface area contributed by atoms with E-state index >= 15 is 0 Å². The molecule has 0 aliphatic carbocycles. The third-order valence-corrected chi connectivity index (χ3v) is 3.89. The maximum atomic E-state index is 11.6. The van der Waals surface area contributed by atoms with Crippen molar-refractivity contribution >= 4 is 57.1 Å². The second-order valence-electron chi connectivity index (χ2n) is 2.82. The SMILES string of the molecule is Cn1c(C(=O)O)c(I)c(=O)c(I)c1C(=O)O. The van der Waals surface area contributed by atoms with Crippen molar-refractivity contribution in [2.24, 2.45) is 7.05 Å². The van der Waals surface area contributed by atoms with E-state index in [-0.39, 0.29) is 18.5 Å². The molecule has 1 aromatic heterocycles. The number of pyridine rings is 1. The lowest BCUT2D eigenvalue weighted by Crippen LogP contribution is -2.28. The molecule has 0 saturated heterocycles. The zero-order valence-corrected chi connectivity index (χ0v) is 12.1. The average molecular weight is 449 g/mol. The number of hydrogen-bond acceptors (Lipinski definition) is 3. The summed E-state index contributed by atoms with van der Waals surface area (Å²) in [4.78, 5) is 33.5. The van der Waals surface area contributed by atoms with Gasteiger partial charge in [-0.05, 0) is 45.2 Å². The van der Waals surface area contributed by atoms with Crippen molar-refractivity contribution < 1.29 is 19.8 Å². The summed E-state index contributed by atoms with van der Waals surface area (Å²) in [5.74, 6) is -2.66. The molecule has 1 aromatic rings. The van der Waals surface area contributed by atoms with Gasteiger partial charge in [0.1, 0.15) is 11.4 Å². The van der Waals surface area contributed by atoms with Gasteiger partial charge in [-0.3, -0.25) is 4.79 Å². The van der Waals surface area contributed by atoms with Gasteiger partial charge >= 0.3 is 11.9 Å². The van der Waals surface area contributed by atoms with Crippen LogP contribution in [0.4, 0.5) is 0 Å². The Kier molecular flexibility index (Phi) is 3.93. The van der Waals surface area contributed by atoms with Crippen LogP contribution in [0.25, 0.3) is 0 Å². The predicted octanol–water partition coefficient (Wildman–Crippen LogP) is 0.991. The van der Waals surface area contributed by atoms with Crippen molar-refractivity contribution in [2.75, 3.05) is 0 Å². The standard InChI is InChI=1S/C8H5I2NO5/c1-11-4(7(13)14)2(9)6(12)3(10)5(11)8(15)16/h1H3,(H,13,14)(H,15,16). The van der Waals surface area contributed by atoms with Crippen LogP contribution in [0.5, 0.6) is 0 Å². The molecule has 16 heavy (non-hydrogen) atoms. The minimum atomic E-state index is -1.33. The molecule has 0 bridgehead atoms. The fraction of sp³-hybridized carbons (Fsp3) is 0.125. The highest BCUT2D eigenvalue weighted by atomic mass is 127. The highest BCUT2D eigenvalue weighted by molar-refractivity contribution is 14.1. The van der Waals surface area contributed by atoms with Crippen molar-refractivity contribution in [1.29, 1.82) is 0 Å². The number of halogens is 2. The highest BCUT2D eigenvalue weighted by Crippen LogP contribution is 2.15. The first-order chi connectivity index (χ1) is 7.29. The van der Waals surface area contributed by atoms with Crippen molar-refractivity contribution in [1.82, 2.24) is 4.57 Å². The van der Waals surface area contributed by atoms with E-state index in [0.29, 0.717) is 0 Å². The number of carbonyl (C=O) groups is 2. The van der Waals surface area contributed by atoms with Crippen molar-refractivity contribution in [3.8, 4) is 0 Å². The molecule has 0 aromatic carbocycles. The number of rotatable bonds is 2. The largest absolute Gasteiger partial charge is 0.477 e. The average Bonchev–Trinajstić information content (AvgIpc) is 2.13. The van der Waals surface area contributed by atoms with Crippen LogP contribution in [-0.4, -0.2) is 26.7 Å². The Labute approximate surface area is 117 Å². The number of hydrogen-bond donors (Lipinski definition) is 2. The van der Waals surface area contributed by atoms with E-state index in [2.05, 4.69) is 0 Å². The molecule has 0 spiro atoms. The van der Waals surface area contributed by atoms with Gasteiger partial charge in [0.05, 0.1) is 7.14 Å². The second-order valence-corrected chi connectivity index (χ2v) is 4.98. The lowest BCUT2D eigenvalue weighted by Gasteiger charge is -2.11. The quantitative estimate of drug-likeness (QED) is 0.658. The third kappa shape index (κ3) is 2.07. The topological polar surface area (TPSA) is 96.6 Å². The third-order valence-electron chi connectivity index (χ3n) is 1.89. The number of aromatic nitrogens is 1. The molecule has 1 rings (SSSR count). The summed E-state index contributed by atoms with van der Waals surface area (Å²) in [6.45, 7) is 0. The van der Waals surface area contributed by atoms with Crippen LogP contribution in [-0.2, 0) is 7.05 Å². The Morgan fingerprint density at radius 2 is 1.38 bits per heavy atom. The Balaban J connectivity index is 3.88. The molecule has 0 unspecified atom stereocenters. The summed E-state index contributed by atoms with van der Waals surface area (Å²) in [5, 5.41) is 17.8. The smallest absolute Gasteiger partial charge is 0.353 e. The summed E-state index contributed by atoms with van der Waals surface area (Å²) < 4.78 is 0.999. The normalized spacial score (nSPS) is 10.2. The van der Waals surface area contributed by atoms with E-state index in [9.17, 15) is 14.4 Å². The van der Waals surface area contributed by atoms with E-state index in [4.69, 9.17) is 10.2 Å². The molecule has 0 fully saturated rings. The molecule has 0 radical (unpaired) electrons. The maximum Gasteiger partial charge on any atom is 0.353 e. The molecule has 0 aliphatic heterocycles. The van der Waals surface area contributed by atoms with E-state index in [0.717, 1.165) is 4.57 Å². The van der Waals surface area contributed by atoms with Gasteiger partial charge in [0, 0.05) is 7.05 Å². The van der Waals surface area contributed by atoms with Crippen molar-refractivity contribution in [3.63, 3.8) is 0 Å². The lowest BCUT2D eigenvalue weighted by molar-refractivity contribution is 0.0672. The summed E-state index contributed by atoms with van der Waals surface area (Å²) in [6, 6.07) is 0. The van der Waals surface area contributed by atoms with Gasteiger partial charge in [0.25, 0.3) is 0 Å².